The molecule has 0 radical (unpaired) electrons. The van der Waals surface area contributed by atoms with Crippen LogP contribution in [0.3, 0.4) is 0 Å². The molecule has 1 aliphatic heterocycles. The Balaban J connectivity index is 1.74. The Morgan fingerprint density at radius 1 is 1.19 bits per heavy atom. The van der Waals surface area contributed by atoms with Crippen LogP contribution in [0, 0.1) is 0 Å². The van der Waals surface area contributed by atoms with E-state index in [1.165, 1.54) is 7.11 Å². The van der Waals surface area contributed by atoms with Crippen molar-refractivity contribution in [3.05, 3.63) is 58.3 Å². The minimum Gasteiger partial charge on any atom is -0.480 e. The SMILES string of the molecule is COc1nc2c(cc1C(=O)N1Cc3ccccc3C[C@H]1C(N)=O)CCC2. The molecule has 2 aromatic rings. The zero-order chi connectivity index (χ0) is 18.3. The molecule has 0 spiro atoms. The van der Waals surface area contributed by atoms with E-state index in [1.807, 2.05) is 30.3 Å². The Morgan fingerprint density at radius 3 is 2.69 bits per heavy atom. The number of hydrogen-bond donors (Lipinski definition) is 1. The largest absolute Gasteiger partial charge is 0.480 e. The van der Waals surface area contributed by atoms with E-state index in [9.17, 15) is 9.59 Å². The quantitative estimate of drug-likeness (QED) is 0.911. The Morgan fingerprint density at radius 2 is 1.96 bits per heavy atom. The molecule has 2 amide bonds. The second-order valence-corrected chi connectivity index (χ2v) is 6.83. The average molecular weight is 351 g/mol. The number of amides is 2. The van der Waals surface area contributed by atoms with Gasteiger partial charge in [-0.25, -0.2) is 4.98 Å². The van der Waals surface area contributed by atoms with Crippen molar-refractivity contribution in [2.75, 3.05) is 7.11 Å². The lowest BCUT2D eigenvalue weighted by Crippen LogP contribution is -2.51. The fourth-order valence-corrected chi connectivity index (χ4v) is 3.91. The average Bonchev–Trinajstić information content (AvgIpc) is 3.12. The van der Waals surface area contributed by atoms with Gasteiger partial charge in [-0.15, -0.1) is 0 Å². The molecule has 0 fully saturated rings. The molecule has 6 heteroatoms. The first-order valence-electron chi connectivity index (χ1n) is 8.82. The van der Waals surface area contributed by atoms with Gasteiger partial charge in [0, 0.05) is 18.7 Å². The van der Waals surface area contributed by atoms with Crippen LogP contribution in [0.25, 0.3) is 0 Å². The van der Waals surface area contributed by atoms with Crippen LogP contribution in [0.4, 0.5) is 0 Å². The monoisotopic (exact) mass is 351 g/mol. The molecule has 1 aliphatic carbocycles. The van der Waals surface area contributed by atoms with Crippen LogP contribution in [0.15, 0.2) is 30.3 Å². The number of pyridine rings is 1. The summed E-state index contributed by atoms with van der Waals surface area (Å²) in [6, 6.07) is 9.02. The van der Waals surface area contributed by atoms with Crippen LogP contribution in [0.1, 0.15) is 39.2 Å². The lowest BCUT2D eigenvalue weighted by atomic mass is 9.93. The smallest absolute Gasteiger partial charge is 0.260 e. The second kappa shape index (κ2) is 6.44. The topological polar surface area (TPSA) is 85.5 Å². The first-order chi connectivity index (χ1) is 12.6. The highest BCUT2D eigenvalue weighted by atomic mass is 16.5. The highest BCUT2D eigenvalue weighted by molar-refractivity contribution is 5.99. The predicted molar refractivity (Wildman–Crippen MR) is 95.8 cm³/mol. The Labute approximate surface area is 152 Å². The third kappa shape index (κ3) is 2.71. The van der Waals surface area contributed by atoms with Crippen LogP contribution in [0.5, 0.6) is 5.88 Å². The fraction of sp³-hybridized carbons (Fsp3) is 0.350. The summed E-state index contributed by atoms with van der Waals surface area (Å²) >= 11 is 0. The number of hydrogen-bond acceptors (Lipinski definition) is 4. The van der Waals surface area contributed by atoms with Crippen LogP contribution in [-0.2, 0) is 30.6 Å². The van der Waals surface area contributed by atoms with E-state index >= 15 is 0 Å². The highest BCUT2D eigenvalue weighted by Gasteiger charge is 2.35. The van der Waals surface area contributed by atoms with Crippen molar-refractivity contribution in [3.63, 3.8) is 0 Å². The Kier molecular flexibility index (Phi) is 4.11. The Bertz CT molecular complexity index is 894. The number of nitrogens with two attached hydrogens (primary N) is 1. The van der Waals surface area contributed by atoms with Crippen LogP contribution in [-0.4, -0.2) is 34.8 Å². The molecule has 2 N–H and O–H groups in total. The fourth-order valence-electron chi connectivity index (χ4n) is 3.91. The van der Waals surface area contributed by atoms with Gasteiger partial charge in [0.25, 0.3) is 5.91 Å². The maximum Gasteiger partial charge on any atom is 0.260 e. The first-order valence-corrected chi connectivity index (χ1v) is 8.82. The number of carbonyl (C=O) groups excluding carboxylic acids is 2. The van der Waals surface area contributed by atoms with Crippen molar-refractivity contribution >= 4 is 11.8 Å². The highest BCUT2D eigenvalue weighted by Crippen LogP contribution is 2.30. The molecule has 1 aromatic carbocycles. The molecule has 1 atom stereocenters. The minimum atomic E-state index is -0.671. The summed E-state index contributed by atoms with van der Waals surface area (Å²) in [5.41, 5.74) is 10.2. The van der Waals surface area contributed by atoms with Crippen molar-refractivity contribution in [3.8, 4) is 5.88 Å². The Hall–Kier alpha value is -2.89. The molecule has 2 aliphatic rings. The summed E-state index contributed by atoms with van der Waals surface area (Å²) in [6.07, 6.45) is 3.28. The van der Waals surface area contributed by atoms with Crippen molar-refractivity contribution in [2.45, 2.75) is 38.3 Å². The molecule has 2 heterocycles. The summed E-state index contributed by atoms with van der Waals surface area (Å²) in [7, 11) is 1.51. The predicted octanol–water partition coefficient (Wildman–Crippen LogP) is 1.63. The lowest BCUT2D eigenvalue weighted by Gasteiger charge is -2.35. The summed E-state index contributed by atoms with van der Waals surface area (Å²) in [5.74, 6) is -0.443. The van der Waals surface area contributed by atoms with Crippen LogP contribution in [0.2, 0.25) is 0 Å². The molecule has 26 heavy (non-hydrogen) atoms. The van der Waals surface area contributed by atoms with Gasteiger partial charge < -0.3 is 15.4 Å². The molecule has 4 rings (SSSR count). The third-order valence-electron chi connectivity index (χ3n) is 5.28. The molecular formula is C20H21N3O3. The molecule has 0 saturated heterocycles. The number of rotatable bonds is 3. The molecule has 6 nitrogen and oxygen atoms in total. The number of carbonyl (C=O) groups is 2. The van der Waals surface area contributed by atoms with E-state index in [0.717, 1.165) is 41.6 Å². The van der Waals surface area contributed by atoms with Crippen molar-refractivity contribution in [2.24, 2.45) is 5.73 Å². The van der Waals surface area contributed by atoms with Gasteiger partial charge in [-0.05, 0) is 42.0 Å². The molecule has 0 unspecified atom stereocenters. The third-order valence-corrected chi connectivity index (χ3v) is 5.28. The first kappa shape index (κ1) is 16.6. The van der Waals surface area contributed by atoms with E-state index < -0.39 is 11.9 Å². The standard InChI is InChI=1S/C20H21N3O3/c1-26-19-15(9-13-7-4-8-16(13)22-19)20(25)23-11-14-6-3-2-5-12(14)10-17(23)18(21)24/h2-3,5-6,9,17H,4,7-8,10-11H2,1H3,(H2,21,24)/t17-/m0/s1. The molecule has 1 aromatic heterocycles. The zero-order valence-electron chi connectivity index (χ0n) is 14.7. The van der Waals surface area contributed by atoms with E-state index in [0.29, 0.717) is 24.4 Å². The van der Waals surface area contributed by atoms with Gasteiger partial charge in [-0.3, -0.25) is 9.59 Å². The summed E-state index contributed by atoms with van der Waals surface area (Å²) in [5, 5.41) is 0. The maximum atomic E-state index is 13.3. The van der Waals surface area contributed by atoms with Crippen molar-refractivity contribution in [1.82, 2.24) is 9.88 Å². The van der Waals surface area contributed by atoms with Gasteiger partial charge in [0.1, 0.15) is 11.6 Å². The van der Waals surface area contributed by atoms with Gasteiger partial charge in [-0.2, -0.15) is 0 Å². The van der Waals surface area contributed by atoms with Crippen molar-refractivity contribution in [1.29, 1.82) is 0 Å². The number of benzene rings is 1. The van der Waals surface area contributed by atoms with Crippen LogP contribution < -0.4 is 10.5 Å². The number of aryl methyl sites for hydroxylation is 2. The van der Waals surface area contributed by atoms with E-state index in [2.05, 4.69) is 4.98 Å². The molecule has 0 bridgehead atoms. The zero-order valence-corrected chi connectivity index (χ0v) is 14.7. The van der Waals surface area contributed by atoms with Gasteiger partial charge in [0.05, 0.1) is 7.11 Å². The number of fused-ring (bicyclic) bond motifs is 2. The summed E-state index contributed by atoms with van der Waals surface area (Å²) < 4.78 is 5.37. The molecule has 134 valence electrons. The number of nitrogens with zero attached hydrogens (tertiary/aromatic N) is 2. The van der Waals surface area contributed by atoms with E-state index in [-0.39, 0.29) is 5.91 Å². The molecule has 0 saturated carbocycles. The summed E-state index contributed by atoms with van der Waals surface area (Å²) in [6.45, 7) is 0.350. The number of ether oxygens (including phenoxy) is 1. The maximum absolute atomic E-state index is 13.3. The number of primary amides is 1. The molecular weight excluding hydrogens is 330 g/mol. The van der Waals surface area contributed by atoms with Gasteiger partial charge in [0.2, 0.25) is 11.8 Å². The number of aromatic nitrogens is 1. The van der Waals surface area contributed by atoms with E-state index in [1.54, 1.807) is 4.90 Å². The van der Waals surface area contributed by atoms with Gasteiger partial charge in [-0.1, -0.05) is 24.3 Å². The minimum absolute atomic E-state index is 0.262. The van der Waals surface area contributed by atoms with Gasteiger partial charge in [0.15, 0.2) is 0 Å². The number of methoxy groups -OCH3 is 1. The van der Waals surface area contributed by atoms with Crippen LogP contribution >= 0.6 is 0 Å². The van der Waals surface area contributed by atoms with Gasteiger partial charge >= 0.3 is 0 Å². The lowest BCUT2D eigenvalue weighted by molar-refractivity contribution is -0.122. The van der Waals surface area contributed by atoms with E-state index in [4.69, 9.17) is 10.5 Å². The second-order valence-electron chi connectivity index (χ2n) is 6.83. The van der Waals surface area contributed by atoms with Crippen molar-refractivity contribution < 1.29 is 14.3 Å². The normalized spacial score (nSPS) is 18.2. The summed E-state index contributed by atoms with van der Waals surface area (Å²) in [4.78, 5) is 31.4.